The number of piperidine rings is 3. The van der Waals surface area contributed by atoms with Crippen molar-refractivity contribution in [2.24, 2.45) is 17.8 Å². The van der Waals surface area contributed by atoms with Crippen LogP contribution in [0.3, 0.4) is 0 Å². The highest BCUT2D eigenvalue weighted by Gasteiger charge is 2.39. The zero-order valence-corrected chi connectivity index (χ0v) is 42.1. The monoisotopic (exact) mass is 985 g/mol. The molecule has 16 heteroatoms. The second-order valence-corrected chi connectivity index (χ2v) is 21.7. The van der Waals surface area contributed by atoms with Gasteiger partial charge in [0.25, 0.3) is 17.4 Å². The predicted octanol–water partition coefficient (Wildman–Crippen LogP) is 6.27. The predicted molar refractivity (Wildman–Crippen MR) is 275 cm³/mol. The number of carbonyl (C=O) groups is 4. The van der Waals surface area contributed by atoms with Gasteiger partial charge in [0.05, 0.1) is 28.5 Å². The van der Waals surface area contributed by atoms with Crippen molar-refractivity contribution in [3.8, 4) is 0 Å². The maximum absolute atomic E-state index is 16.3. The molecule has 4 amide bonds. The molecule has 2 saturated carbocycles. The molecule has 4 aliphatic heterocycles. The molecule has 2 atom stereocenters. The van der Waals surface area contributed by atoms with Crippen LogP contribution >= 0.6 is 0 Å². The summed E-state index contributed by atoms with van der Waals surface area (Å²) in [5, 5.41) is 6.30. The average Bonchev–Trinajstić information content (AvgIpc) is 4.27. The summed E-state index contributed by atoms with van der Waals surface area (Å²) < 4.78 is 16.3. The van der Waals surface area contributed by atoms with E-state index >= 15 is 4.39 Å². The van der Waals surface area contributed by atoms with Crippen molar-refractivity contribution in [3.63, 3.8) is 0 Å². The molecule has 384 valence electrons. The first-order chi connectivity index (χ1) is 35.1. The fraction of sp³-hybridized carbons (Fsp3) is 0.589. The van der Waals surface area contributed by atoms with Gasteiger partial charge in [-0.15, -0.1) is 0 Å². The van der Waals surface area contributed by atoms with Gasteiger partial charge in [-0.1, -0.05) is 38.3 Å². The van der Waals surface area contributed by atoms with Crippen LogP contribution in [0, 0.1) is 23.6 Å². The molecule has 4 aromatic rings. The van der Waals surface area contributed by atoms with Crippen molar-refractivity contribution in [3.05, 3.63) is 99.0 Å². The van der Waals surface area contributed by atoms with E-state index in [0.29, 0.717) is 49.8 Å². The van der Waals surface area contributed by atoms with E-state index in [2.05, 4.69) is 40.3 Å². The zero-order chi connectivity index (χ0) is 49.7. The molecular formula is C56H73FN10O5. The highest BCUT2D eigenvalue weighted by molar-refractivity contribution is 5.98. The normalized spacial score (nSPS) is 21.7. The molecule has 15 nitrogen and oxygen atoms in total. The molecule has 0 bridgehead atoms. The molecule has 0 spiro atoms. The zero-order valence-electron chi connectivity index (χ0n) is 42.1. The first-order valence-electron chi connectivity index (χ1n) is 27.2. The number of benzene rings is 1. The van der Waals surface area contributed by atoms with Gasteiger partial charge in [-0.2, -0.15) is 0 Å². The first kappa shape index (κ1) is 49.8. The summed E-state index contributed by atoms with van der Waals surface area (Å²) in [4.78, 5) is 90.0. The maximum Gasteiger partial charge on any atom is 0.270 e. The Morgan fingerprint density at radius 3 is 2.26 bits per heavy atom. The molecule has 4 saturated heterocycles. The van der Waals surface area contributed by atoms with Crippen molar-refractivity contribution in [2.45, 2.75) is 121 Å². The Bertz CT molecular complexity index is 2630. The molecule has 72 heavy (non-hydrogen) atoms. The number of piperazine rings is 1. The third kappa shape index (κ3) is 11.7. The van der Waals surface area contributed by atoms with Gasteiger partial charge in [-0.3, -0.25) is 33.9 Å². The third-order valence-electron chi connectivity index (χ3n) is 16.7. The lowest BCUT2D eigenvalue weighted by molar-refractivity contribution is -0.136. The smallest absolute Gasteiger partial charge is 0.270 e. The van der Waals surface area contributed by atoms with Gasteiger partial charge < -0.3 is 35.2 Å². The lowest BCUT2D eigenvalue weighted by Gasteiger charge is -2.40. The highest BCUT2D eigenvalue weighted by atomic mass is 19.1. The Morgan fingerprint density at radius 1 is 0.764 bits per heavy atom. The summed E-state index contributed by atoms with van der Waals surface area (Å²) in [6.07, 6.45) is 16.2. The van der Waals surface area contributed by atoms with Crippen molar-refractivity contribution in [1.29, 1.82) is 0 Å². The number of hydrogen-bond donors (Lipinski definition) is 3. The molecule has 6 aliphatic rings. The number of amides is 4. The Balaban J connectivity index is 0.655. The van der Waals surface area contributed by atoms with Crippen LogP contribution in [0.5, 0.6) is 0 Å². The topological polar surface area (TPSA) is 167 Å². The van der Waals surface area contributed by atoms with E-state index < -0.39 is 17.8 Å². The van der Waals surface area contributed by atoms with Gasteiger partial charge in [0.1, 0.15) is 17.6 Å². The van der Waals surface area contributed by atoms with Gasteiger partial charge in [-0.25, -0.2) is 9.37 Å². The summed E-state index contributed by atoms with van der Waals surface area (Å²) in [6, 6.07) is 12.1. The van der Waals surface area contributed by atoms with Crippen LogP contribution in [0.15, 0.2) is 59.7 Å². The molecule has 3 aromatic heterocycles. The molecule has 6 fully saturated rings. The largest absolute Gasteiger partial charge is 0.368 e. The molecule has 2 aliphatic carbocycles. The second-order valence-electron chi connectivity index (χ2n) is 21.7. The third-order valence-corrected chi connectivity index (χ3v) is 16.7. The average molecular weight is 985 g/mol. The van der Waals surface area contributed by atoms with Crippen molar-refractivity contribution >= 4 is 40.3 Å². The highest BCUT2D eigenvalue weighted by Crippen LogP contribution is 2.36. The second kappa shape index (κ2) is 22.6. The number of H-pyrrole nitrogens is 1. The number of hydrogen-bond acceptors (Lipinski definition) is 10. The molecule has 10 rings (SSSR count). The lowest BCUT2D eigenvalue weighted by atomic mass is 9.82. The van der Waals surface area contributed by atoms with Crippen molar-refractivity contribution in [1.82, 2.24) is 45.2 Å². The van der Waals surface area contributed by atoms with Crippen LogP contribution in [-0.2, 0) is 22.6 Å². The summed E-state index contributed by atoms with van der Waals surface area (Å²) in [5.74, 6) is -0.675. The number of aryl methyl sites for hydroxylation is 1. The van der Waals surface area contributed by atoms with Crippen LogP contribution in [0.1, 0.15) is 134 Å². The number of rotatable bonds is 14. The van der Waals surface area contributed by atoms with Crippen LogP contribution in [0.4, 0.5) is 10.1 Å². The Kier molecular flexibility index (Phi) is 15.6. The van der Waals surface area contributed by atoms with E-state index in [4.69, 9.17) is 0 Å². The van der Waals surface area contributed by atoms with Gasteiger partial charge in [0, 0.05) is 108 Å². The number of nitrogens with one attached hydrogen (secondary N) is 3. The van der Waals surface area contributed by atoms with Gasteiger partial charge >= 0.3 is 0 Å². The van der Waals surface area contributed by atoms with Gasteiger partial charge in [0.15, 0.2) is 0 Å². The molecule has 1 unspecified atom stereocenters. The number of anilines is 1. The van der Waals surface area contributed by atoms with Crippen LogP contribution in [-0.4, -0.2) is 142 Å². The Hall–Kier alpha value is -5.74. The summed E-state index contributed by atoms with van der Waals surface area (Å²) >= 11 is 0. The minimum atomic E-state index is -0.695. The summed E-state index contributed by atoms with van der Waals surface area (Å²) in [5.41, 5.74) is 5.22. The number of fused-ring (bicyclic) bond motifs is 1. The Labute approximate surface area is 422 Å². The number of nitrogens with zero attached hydrogens (tertiary/aromatic N) is 7. The van der Waals surface area contributed by atoms with Gasteiger partial charge in [-0.05, 0) is 124 Å². The molecule has 0 radical (unpaired) electrons. The number of aromatic nitrogens is 3. The molecule has 7 heterocycles. The number of halogens is 1. The minimum Gasteiger partial charge on any atom is -0.368 e. The SMILES string of the molecule is CCc1cc2ncc(CN3CCN(c4ccc(C(=O)NC5CCN(CC6CCN(C(=O)[C@H](NC(=O)c7cccc(C8CCCN(C(=O)C9CC9)C8)c7F)C7CCCCC7)CC6)CC5)nc4)CC3)cc2[nH]c1=O. The van der Waals surface area contributed by atoms with Crippen LogP contribution < -0.4 is 21.1 Å². The van der Waals surface area contributed by atoms with Crippen LogP contribution in [0.25, 0.3) is 11.0 Å². The molecule has 1 aromatic carbocycles. The standard InChI is InChI=1S/C56H73FN10O5/c1-2-39-31-48-49(61-52(39)68)30-38(32-58-48)35-64-26-28-65(29-27-64)44-15-16-47(59-33-44)54(70)60-43-19-22-63(23-20-43)34-37-17-24-66(25-18-37)56(72)51(40-8-4-3-5-9-40)62-53(69)46-12-6-11-45(50(46)57)42-10-7-21-67(36-42)55(71)41-13-14-41/h6,11-12,15-16,30-33,37,40-43,51H,2-5,7-10,13-14,17-29,34-36H2,1H3,(H,60,70)(H,61,68)(H,62,69)/t42?,51-/m1/s1. The van der Waals surface area contributed by atoms with Crippen molar-refractivity contribution in [2.75, 3.05) is 76.9 Å². The van der Waals surface area contributed by atoms with Gasteiger partial charge in [0.2, 0.25) is 11.8 Å². The van der Waals surface area contributed by atoms with E-state index in [9.17, 15) is 24.0 Å². The quantitative estimate of drug-likeness (QED) is 0.131. The lowest BCUT2D eigenvalue weighted by Crippen LogP contribution is -2.55. The van der Waals surface area contributed by atoms with Crippen molar-refractivity contribution < 1.29 is 23.6 Å². The number of pyridine rings is 3. The molecule has 3 N–H and O–H groups in total. The summed E-state index contributed by atoms with van der Waals surface area (Å²) in [7, 11) is 0. The molecular weight excluding hydrogens is 912 g/mol. The van der Waals surface area contributed by atoms with Crippen LogP contribution in [0.2, 0.25) is 0 Å². The maximum atomic E-state index is 16.3. The van der Waals surface area contributed by atoms with E-state index in [0.717, 1.165) is 164 Å². The fourth-order valence-corrected chi connectivity index (χ4v) is 12.2. The first-order valence-corrected chi connectivity index (χ1v) is 27.2. The van der Waals surface area contributed by atoms with E-state index in [-0.39, 0.29) is 52.6 Å². The van der Waals surface area contributed by atoms with E-state index in [1.54, 1.807) is 18.3 Å². The Morgan fingerprint density at radius 2 is 1.54 bits per heavy atom. The summed E-state index contributed by atoms with van der Waals surface area (Å²) in [6.45, 7) is 11.3. The van der Waals surface area contributed by atoms with E-state index in [1.165, 1.54) is 6.07 Å². The number of aromatic amines is 1. The minimum absolute atomic E-state index is 0.0150. The van der Waals surface area contributed by atoms with E-state index in [1.807, 2.05) is 47.2 Å². The number of carbonyl (C=O) groups excluding carboxylic acids is 4. The number of likely N-dealkylation sites (tertiary alicyclic amines) is 3. The fourth-order valence-electron chi connectivity index (χ4n) is 12.2.